The van der Waals surface area contributed by atoms with E-state index in [2.05, 4.69) is 29.4 Å². The molecule has 3 rings (SSSR count). The third-order valence-electron chi connectivity index (χ3n) is 2.71. The van der Waals surface area contributed by atoms with Crippen LogP contribution in [-0.2, 0) is 10.0 Å². The number of rotatable bonds is 3. The molecule has 0 aliphatic heterocycles. The van der Waals surface area contributed by atoms with Crippen molar-refractivity contribution in [3.8, 4) is 0 Å². The van der Waals surface area contributed by atoms with Crippen LogP contribution in [0.2, 0.25) is 0 Å². The summed E-state index contributed by atoms with van der Waals surface area (Å²) in [6.07, 6.45) is 0. The van der Waals surface area contributed by atoms with Gasteiger partial charge in [-0.05, 0) is 46.3 Å². The van der Waals surface area contributed by atoms with Crippen molar-refractivity contribution in [2.75, 3.05) is 4.72 Å². The number of anilines is 1. The summed E-state index contributed by atoms with van der Waals surface area (Å²) >= 11 is 3.95. The van der Waals surface area contributed by atoms with E-state index in [1.54, 1.807) is 12.1 Å². The van der Waals surface area contributed by atoms with Gasteiger partial charge in [0.05, 0.1) is 21.9 Å². The second kappa shape index (κ2) is 5.32. The van der Waals surface area contributed by atoms with Crippen LogP contribution in [-0.4, -0.2) is 17.2 Å². The summed E-state index contributed by atoms with van der Waals surface area (Å²) in [4.78, 5) is 0.0112. The second-order valence-corrected chi connectivity index (χ2v) is 7.16. The van der Waals surface area contributed by atoms with Crippen LogP contribution in [0.25, 0.3) is 11.0 Å². The molecular formula is C12H7BrFN3O2S2. The van der Waals surface area contributed by atoms with Crippen molar-refractivity contribution in [1.29, 1.82) is 0 Å². The van der Waals surface area contributed by atoms with Crippen LogP contribution in [0.15, 0.2) is 45.8 Å². The van der Waals surface area contributed by atoms with Crippen LogP contribution in [0.5, 0.6) is 0 Å². The van der Waals surface area contributed by atoms with Gasteiger partial charge >= 0.3 is 0 Å². The Morgan fingerprint density at radius 2 is 2.00 bits per heavy atom. The highest BCUT2D eigenvalue weighted by Gasteiger charge is 2.20. The predicted molar refractivity (Wildman–Crippen MR) is 82.3 cm³/mol. The van der Waals surface area contributed by atoms with Crippen LogP contribution < -0.4 is 4.72 Å². The van der Waals surface area contributed by atoms with Gasteiger partial charge in [-0.25, -0.2) is 12.8 Å². The maximum Gasteiger partial charge on any atom is 0.264 e. The van der Waals surface area contributed by atoms with E-state index in [9.17, 15) is 12.8 Å². The first-order chi connectivity index (χ1) is 9.97. The first-order valence-corrected chi connectivity index (χ1v) is 8.67. The first-order valence-electron chi connectivity index (χ1n) is 5.66. The van der Waals surface area contributed by atoms with E-state index >= 15 is 0 Å². The highest BCUT2D eigenvalue weighted by atomic mass is 79.9. The van der Waals surface area contributed by atoms with E-state index in [1.807, 2.05) is 0 Å². The fourth-order valence-corrected chi connectivity index (χ4v) is 3.83. The Bertz CT molecular complexity index is 927. The first kappa shape index (κ1) is 14.4. The Balaban J connectivity index is 2.04. The predicted octanol–water partition coefficient (Wildman–Crippen LogP) is 3.39. The Kier molecular flexibility index (Phi) is 3.64. The van der Waals surface area contributed by atoms with Crippen molar-refractivity contribution in [3.63, 3.8) is 0 Å². The third kappa shape index (κ3) is 2.76. The van der Waals surface area contributed by atoms with Crippen LogP contribution in [0.4, 0.5) is 10.1 Å². The zero-order valence-corrected chi connectivity index (χ0v) is 13.5. The molecule has 2 aromatic carbocycles. The van der Waals surface area contributed by atoms with E-state index in [-0.39, 0.29) is 15.1 Å². The highest BCUT2D eigenvalue weighted by Crippen LogP contribution is 2.25. The standard InChI is InChI=1S/C12H7BrFN3O2S2/c13-8-5-4-7(6-9(8)14)17-21(18,19)11-3-1-2-10-12(11)16-20-15-10/h1-6,17H. The minimum absolute atomic E-state index is 0.0112. The highest BCUT2D eigenvalue weighted by molar-refractivity contribution is 9.10. The molecule has 0 saturated carbocycles. The van der Waals surface area contributed by atoms with Gasteiger partial charge in [0.25, 0.3) is 10.0 Å². The van der Waals surface area contributed by atoms with Crippen molar-refractivity contribution < 1.29 is 12.8 Å². The van der Waals surface area contributed by atoms with Crippen molar-refractivity contribution >= 4 is 54.4 Å². The average molecular weight is 388 g/mol. The molecule has 0 aliphatic carbocycles. The zero-order chi connectivity index (χ0) is 15.0. The smallest absolute Gasteiger partial charge is 0.264 e. The summed E-state index contributed by atoms with van der Waals surface area (Å²) in [5, 5.41) is 0. The normalized spacial score (nSPS) is 11.7. The summed E-state index contributed by atoms with van der Waals surface area (Å²) in [5.41, 5.74) is 0.938. The summed E-state index contributed by atoms with van der Waals surface area (Å²) in [5.74, 6) is -0.552. The van der Waals surface area contributed by atoms with Crippen molar-refractivity contribution in [2.45, 2.75) is 4.90 Å². The van der Waals surface area contributed by atoms with Crippen LogP contribution in [0.3, 0.4) is 0 Å². The lowest BCUT2D eigenvalue weighted by molar-refractivity contribution is 0.601. The van der Waals surface area contributed by atoms with Gasteiger partial charge in [-0.3, -0.25) is 4.72 Å². The Labute approximate surface area is 132 Å². The average Bonchev–Trinajstić information content (AvgIpc) is 2.90. The topological polar surface area (TPSA) is 72.0 Å². The molecule has 21 heavy (non-hydrogen) atoms. The molecule has 0 bridgehead atoms. The molecule has 5 nitrogen and oxygen atoms in total. The number of nitrogens with one attached hydrogen (secondary N) is 1. The number of nitrogens with zero attached hydrogens (tertiary/aromatic N) is 2. The fraction of sp³-hybridized carbons (Fsp3) is 0. The van der Waals surface area contributed by atoms with E-state index in [0.29, 0.717) is 11.0 Å². The largest absolute Gasteiger partial charge is 0.279 e. The molecule has 1 heterocycles. The van der Waals surface area contributed by atoms with Gasteiger partial charge < -0.3 is 0 Å². The number of aromatic nitrogens is 2. The van der Waals surface area contributed by atoms with Crippen molar-refractivity contribution in [3.05, 3.63) is 46.7 Å². The van der Waals surface area contributed by atoms with E-state index < -0.39 is 15.8 Å². The molecule has 0 aliphatic rings. The third-order valence-corrected chi connectivity index (χ3v) is 5.31. The number of halogens is 2. The second-order valence-electron chi connectivity index (χ2n) is 4.12. The molecule has 9 heteroatoms. The molecule has 0 saturated heterocycles. The number of sulfonamides is 1. The zero-order valence-electron chi connectivity index (χ0n) is 10.2. The molecule has 1 N–H and O–H groups in total. The molecule has 1 aromatic heterocycles. The monoisotopic (exact) mass is 387 g/mol. The lowest BCUT2D eigenvalue weighted by atomic mass is 10.3. The Morgan fingerprint density at radius 1 is 1.19 bits per heavy atom. The molecule has 0 fully saturated rings. The maximum atomic E-state index is 13.5. The lowest BCUT2D eigenvalue weighted by Gasteiger charge is -2.08. The number of benzene rings is 2. The number of hydrogen-bond donors (Lipinski definition) is 1. The molecule has 0 unspecified atom stereocenters. The molecule has 0 amide bonds. The molecule has 0 spiro atoms. The number of hydrogen-bond acceptors (Lipinski definition) is 5. The minimum atomic E-state index is -3.87. The minimum Gasteiger partial charge on any atom is -0.279 e. The number of fused-ring (bicyclic) bond motifs is 1. The van der Waals surface area contributed by atoms with E-state index in [1.165, 1.54) is 18.2 Å². The van der Waals surface area contributed by atoms with Crippen LogP contribution >= 0.6 is 27.7 Å². The van der Waals surface area contributed by atoms with Gasteiger partial charge in [0, 0.05) is 0 Å². The Morgan fingerprint density at radius 3 is 2.76 bits per heavy atom. The molecule has 0 radical (unpaired) electrons. The molecule has 0 atom stereocenters. The Hall–Kier alpha value is -1.58. The summed E-state index contributed by atoms with van der Waals surface area (Å²) in [6.45, 7) is 0. The SMILES string of the molecule is O=S(=O)(Nc1ccc(Br)c(F)c1)c1cccc2nsnc12. The van der Waals surface area contributed by atoms with E-state index in [0.717, 1.165) is 17.8 Å². The van der Waals surface area contributed by atoms with Gasteiger partial charge in [0.1, 0.15) is 21.7 Å². The van der Waals surface area contributed by atoms with Gasteiger partial charge in [-0.15, -0.1) is 0 Å². The fourth-order valence-electron chi connectivity index (χ4n) is 1.77. The molecule has 3 aromatic rings. The van der Waals surface area contributed by atoms with Gasteiger partial charge in [-0.1, -0.05) is 6.07 Å². The summed E-state index contributed by atoms with van der Waals surface area (Å²) < 4.78 is 48.8. The van der Waals surface area contributed by atoms with Gasteiger partial charge in [0.2, 0.25) is 0 Å². The van der Waals surface area contributed by atoms with E-state index in [4.69, 9.17) is 0 Å². The van der Waals surface area contributed by atoms with Gasteiger partial charge in [0.15, 0.2) is 0 Å². The molecule has 108 valence electrons. The summed E-state index contributed by atoms with van der Waals surface area (Å²) in [7, 11) is -3.87. The maximum absolute atomic E-state index is 13.5. The summed E-state index contributed by atoms with van der Waals surface area (Å²) in [6, 6.07) is 8.68. The van der Waals surface area contributed by atoms with Crippen molar-refractivity contribution in [1.82, 2.24) is 8.75 Å². The molecular weight excluding hydrogens is 381 g/mol. The quantitative estimate of drug-likeness (QED) is 0.747. The van der Waals surface area contributed by atoms with Gasteiger partial charge in [-0.2, -0.15) is 8.75 Å². The van der Waals surface area contributed by atoms with Crippen LogP contribution in [0, 0.1) is 5.82 Å². The van der Waals surface area contributed by atoms with Crippen LogP contribution in [0.1, 0.15) is 0 Å². The lowest BCUT2D eigenvalue weighted by Crippen LogP contribution is -2.13. The van der Waals surface area contributed by atoms with Crippen molar-refractivity contribution in [2.24, 2.45) is 0 Å².